The van der Waals surface area contributed by atoms with Crippen molar-refractivity contribution in [1.29, 1.82) is 5.26 Å². The van der Waals surface area contributed by atoms with Crippen LogP contribution in [-0.4, -0.2) is 36.5 Å². The van der Waals surface area contributed by atoms with Gasteiger partial charge in [0.15, 0.2) is 5.78 Å². The molecule has 1 heterocycles. The van der Waals surface area contributed by atoms with E-state index in [1.165, 1.54) is 24.3 Å². The highest BCUT2D eigenvalue weighted by Crippen LogP contribution is 2.33. The number of carbonyl (C=O) groups is 1. The minimum Gasteiger partial charge on any atom is -0.295 e. The zero-order valence-electron chi connectivity index (χ0n) is 11.4. The zero-order chi connectivity index (χ0) is 15.5. The van der Waals surface area contributed by atoms with Crippen molar-refractivity contribution in [2.24, 2.45) is 5.92 Å². The first-order chi connectivity index (χ1) is 9.90. The van der Waals surface area contributed by atoms with Crippen LogP contribution in [-0.2, 0) is 0 Å². The Morgan fingerprint density at radius 1 is 1.33 bits per heavy atom. The predicted molar refractivity (Wildman–Crippen MR) is 70.7 cm³/mol. The molecule has 1 aromatic carbocycles. The Morgan fingerprint density at radius 2 is 2.00 bits per heavy atom. The van der Waals surface area contributed by atoms with E-state index in [9.17, 15) is 18.0 Å². The average Bonchev–Trinajstić information content (AvgIpc) is 2.47. The number of halogens is 3. The molecule has 1 unspecified atom stereocenters. The van der Waals surface area contributed by atoms with Gasteiger partial charge in [-0.05, 0) is 31.5 Å². The lowest BCUT2D eigenvalue weighted by Crippen LogP contribution is -2.43. The van der Waals surface area contributed by atoms with Gasteiger partial charge in [-0.3, -0.25) is 9.69 Å². The first kappa shape index (κ1) is 15.5. The van der Waals surface area contributed by atoms with Crippen molar-refractivity contribution in [3.8, 4) is 6.07 Å². The number of alkyl halides is 3. The van der Waals surface area contributed by atoms with E-state index >= 15 is 0 Å². The summed E-state index contributed by atoms with van der Waals surface area (Å²) in [4.78, 5) is 13.6. The van der Waals surface area contributed by atoms with Crippen molar-refractivity contribution in [2.45, 2.75) is 19.0 Å². The molecule has 3 nitrogen and oxygen atoms in total. The number of ketones is 1. The molecule has 1 saturated heterocycles. The number of Topliss-reactive ketones (excluding diaryl/α,β-unsaturated/α-hetero) is 1. The Kier molecular flexibility index (Phi) is 4.63. The van der Waals surface area contributed by atoms with Gasteiger partial charge in [-0.15, -0.1) is 0 Å². The summed E-state index contributed by atoms with van der Waals surface area (Å²) in [5.41, 5.74) is 0.866. The van der Waals surface area contributed by atoms with E-state index in [0.717, 1.165) is 0 Å². The molecule has 6 heteroatoms. The molecule has 1 fully saturated rings. The van der Waals surface area contributed by atoms with Crippen LogP contribution in [0, 0.1) is 17.2 Å². The lowest BCUT2D eigenvalue weighted by molar-refractivity contribution is -0.186. The first-order valence-electron chi connectivity index (χ1n) is 6.72. The van der Waals surface area contributed by atoms with E-state index in [2.05, 4.69) is 0 Å². The summed E-state index contributed by atoms with van der Waals surface area (Å²) in [5, 5.41) is 8.68. The molecule has 1 aliphatic rings. The van der Waals surface area contributed by atoms with E-state index < -0.39 is 12.1 Å². The van der Waals surface area contributed by atoms with Gasteiger partial charge in [0.25, 0.3) is 0 Å². The van der Waals surface area contributed by atoms with Crippen LogP contribution in [0.5, 0.6) is 0 Å². The van der Waals surface area contributed by atoms with Gasteiger partial charge in [-0.1, -0.05) is 12.1 Å². The largest absolute Gasteiger partial charge is 0.393 e. The summed E-state index contributed by atoms with van der Waals surface area (Å²) in [5.74, 6) is -1.57. The van der Waals surface area contributed by atoms with Gasteiger partial charge < -0.3 is 0 Å². The molecule has 0 saturated carbocycles. The molecule has 1 atom stereocenters. The van der Waals surface area contributed by atoms with E-state index in [1.807, 2.05) is 6.07 Å². The van der Waals surface area contributed by atoms with Gasteiger partial charge in [-0.25, -0.2) is 0 Å². The Hall–Kier alpha value is -1.87. The van der Waals surface area contributed by atoms with Crippen LogP contribution < -0.4 is 0 Å². The highest BCUT2D eigenvalue weighted by molar-refractivity contribution is 5.97. The Labute approximate surface area is 121 Å². The van der Waals surface area contributed by atoms with E-state index in [1.54, 1.807) is 4.90 Å². The van der Waals surface area contributed by atoms with Gasteiger partial charge in [0, 0.05) is 12.1 Å². The quantitative estimate of drug-likeness (QED) is 0.805. The predicted octanol–water partition coefficient (Wildman–Crippen LogP) is 3.02. The summed E-state index contributed by atoms with van der Waals surface area (Å²) < 4.78 is 38.1. The van der Waals surface area contributed by atoms with Crippen molar-refractivity contribution >= 4 is 5.78 Å². The van der Waals surface area contributed by atoms with E-state index in [-0.39, 0.29) is 25.3 Å². The summed E-state index contributed by atoms with van der Waals surface area (Å²) in [6.45, 7) is 0.374. The Morgan fingerprint density at radius 3 is 2.57 bits per heavy atom. The van der Waals surface area contributed by atoms with Crippen LogP contribution in [0.3, 0.4) is 0 Å². The normalized spacial score (nSPS) is 20.0. The molecule has 1 aromatic rings. The van der Waals surface area contributed by atoms with Gasteiger partial charge in [0.05, 0.1) is 24.1 Å². The molecule has 0 spiro atoms. The molecular formula is C15H15F3N2O. The van der Waals surface area contributed by atoms with Gasteiger partial charge in [0.2, 0.25) is 0 Å². The number of nitrogens with zero attached hydrogens (tertiary/aromatic N) is 2. The molecule has 2 rings (SSSR count). The number of benzene rings is 1. The maximum absolute atomic E-state index is 12.7. The number of carbonyl (C=O) groups excluding carboxylic acids is 1. The van der Waals surface area contributed by atoms with Crippen molar-refractivity contribution in [1.82, 2.24) is 4.90 Å². The van der Waals surface area contributed by atoms with Gasteiger partial charge in [0.1, 0.15) is 0 Å². The van der Waals surface area contributed by atoms with E-state index in [0.29, 0.717) is 24.1 Å². The standard InChI is InChI=1S/C15H15F3N2O/c16-15(17,18)13-2-1-7-20(9-13)10-14(21)12-5-3-11(8-19)4-6-12/h3-6,13H,1-2,7,9-10H2. The third-order valence-electron chi connectivity index (χ3n) is 3.67. The first-order valence-corrected chi connectivity index (χ1v) is 6.72. The molecule has 0 N–H and O–H groups in total. The summed E-state index contributed by atoms with van der Waals surface area (Å²) in [7, 11) is 0. The fraction of sp³-hybridized carbons (Fsp3) is 0.467. The number of likely N-dealkylation sites (tertiary alicyclic amines) is 1. The number of piperidine rings is 1. The number of nitriles is 1. The van der Waals surface area contributed by atoms with Crippen LogP contribution in [0.4, 0.5) is 13.2 Å². The summed E-state index contributed by atoms with van der Waals surface area (Å²) in [6.07, 6.45) is -3.62. The molecule has 1 aliphatic heterocycles. The Balaban J connectivity index is 1.97. The average molecular weight is 296 g/mol. The molecule has 0 radical (unpaired) electrons. The monoisotopic (exact) mass is 296 g/mol. The van der Waals surface area contributed by atoms with Crippen LogP contribution in [0.1, 0.15) is 28.8 Å². The Bertz CT molecular complexity index is 546. The summed E-state index contributed by atoms with van der Waals surface area (Å²) in [6, 6.07) is 8.08. The minimum atomic E-state index is -4.20. The minimum absolute atomic E-state index is 0.0154. The third kappa shape index (κ3) is 4.05. The topological polar surface area (TPSA) is 44.1 Å². The highest BCUT2D eigenvalue weighted by Gasteiger charge is 2.41. The second-order valence-corrected chi connectivity index (χ2v) is 5.23. The number of hydrogen-bond donors (Lipinski definition) is 0. The van der Waals surface area contributed by atoms with Crippen molar-refractivity contribution < 1.29 is 18.0 Å². The smallest absolute Gasteiger partial charge is 0.295 e. The van der Waals surface area contributed by atoms with Crippen LogP contribution in [0.2, 0.25) is 0 Å². The molecule has 0 amide bonds. The fourth-order valence-corrected chi connectivity index (χ4v) is 2.49. The lowest BCUT2D eigenvalue weighted by atomic mass is 9.97. The molecular weight excluding hydrogens is 281 g/mol. The van der Waals surface area contributed by atoms with Crippen molar-refractivity contribution in [3.05, 3.63) is 35.4 Å². The second-order valence-electron chi connectivity index (χ2n) is 5.23. The number of hydrogen-bond acceptors (Lipinski definition) is 3. The second kappa shape index (κ2) is 6.27. The van der Waals surface area contributed by atoms with Crippen molar-refractivity contribution in [2.75, 3.05) is 19.6 Å². The number of rotatable bonds is 3. The fourth-order valence-electron chi connectivity index (χ4n) is 2.49. The molecule has 0 bridgehead atoms. The van der Waals surface area contributed by atoms with Crippen molar-refractivity contribution in [3.63, 3.8) is 0 Å². The SMILES string of the molecule is N#Cc1ccc(C(=O)CN2CCCC(C(F)(F)F)C2)cc1. The molecule has 112 valence electrons. The third-order valence-corrected chi connectivity index (χ3v) is 3.67. The lowest BCUT2D eigenvalue weighted by Gasteiger charge is -2.33. The maximum atomic E-state index is 12.7. The van der Waals surface area contributed by atoms with Crippen LogP contribution in [0.25, 0.3) is 0 Å². The van der Waals surface area contributed by atoms with Crippen LogP contribution in [0.15, 0.2) is 24.3 Å². The van der Waals surface area contributed by atoms with Crippen LogP contribution >= 0.6 is 0 Å². The van der Waals surface area contributed by atoms with E-state index in [4.69, 9.17) is 5.26 Å². The maximum Gasteiger partial charge on any atom is 0.393 e. The van der Waals surface area contributed by atoms with Gasteiger partial charge in [-0.2, -0.15) is 18.4 Å². The summed E-state index contributed by atoms with van der Waals surface area (Å²) >= 11 is 0. The molecule has 21 heavy (non-hydrogen) atoms. The zero-order valence-corrected chi connectivity index (χ0v) is 11.4. The molecule has 0 aromatic heterocycles. The molecule has 0 aliphatic carbocycles. The highest BCUT2D eigenvalue weighted by atomic mass is 19.4. The van der Waals surface area contributed by atoms with Gasteiger partial charge >= 0.3 is 6.18 Å².